The maximum atomic E-state index is 14.0. The van der Waals surface area contributed by atoms with Gasteiger partial charge in [0.15, 0.2) is 0 Å². The van der Waals surface area contributed by atoms with Gasteiger partial charge in [-0.2, -0.15) is 0 Å². The van der Waals surface area contributed by atoms with Crippen LogP contribution in [-0.4, -0.2) is 46.3 Å². The van der Waals surface area contributed by atoms with E-state index >= 15 is 0 Å². The lowest BCUT2D eigenvalue weighted by Crippen LogP contribution is -2.50. The van der Waals surface area contributed by atoms with Gasteiger partial charge in [-0.1, -0.05) is 0 Å². The zero-order valence-electron chi connectivity index (χ0n) is 13.6. The Hall–Kier alpha value is -1.55. The predicted molar refractivity (Wildman–Crippen MR) is 86.9 cm³/mol. The fourth-order valence-electron chi connectivity index (χ4n) is 2.70. The first kappa shape index (κ1) is 18.2. The van der Waals surface area contributed by atoms with Crippen LogP contribution >= 0.6 is 0 Å². The molecule has 2 fully saturated rings. The molecule has 0 spiro atoms. The maximum Gasteiger partial charge on any atom is 0.254 e. The first-order valence-electron chi connectivity index (χ1n) is 8.17. The van der Waals surface area contributed by atoms with Crippen LogP contribution in [0.3, 0.4) is 0 Å². The van der Waals surface area contributed by atoms with Crippen molar-refractivity contribution in [3.8, 4) is 0 Å². The molecule has 2 atom stereocenters. The molecule has 1 amide bonds. The van der Waals surface area contributed by atoms with E-state index in [4.69, 9.17) is 14.6 Å². The summed E-state index contributed by atoms with van der Waals surface area (Å²) in [6.07, 6.45) is 2.75. The number of hydrogen-bond donors (Lipinski definition) is 2. The number of carbonyl (C=O) groups excluding carboxylic acids is 1. The van der Waals surface area contributed by atoms with Crippen molar-refractivity contribution in [3.05, 3.63) is 29.6 Å². The summed E-state index contributed by atoms with van der Waals surface area (Å²) in [6, 6.07) is 2.45. The Bertz CT molecular complexity index is 751. The van der Waals surface area contributed by atoms with Crippen LogP contribution in [0.15, 0.2) is 23.1 Å². The van der Waals surface area contributed by atoms with E-state index in [1.807, 2.05) is 0 Å². The maximum absolute atomic E-state index is 14.0. The molecule has 7 nitrogen and oxygen atoms in total. The molecule has 0 aromatic heterocycles. The molecule has 138 valence electrons. The highest BCUT2D eigenvalue weighted by atomic mass is 32.2. The Morgan fingerprint density at radius 1 is 1.36 bits per heavy atom. The molecule has 0 bridgehead atoms. The van der Waals surface area contributed by atoms with E-state index in [1.165, 1.54) is 0 Å². The summed E-state index contributed by atoms with van der Waals surface area (Å²) >= 11 is 0. The second-order valence-electron chi connectivity index (χ2n) is 6.45. The van der Waals surface area contributed by atoms with Crippen LogP contribution in [0.25, 0.3) is 0 Å². The van der Waals surface area contributed by atoms with E-state index in [0.717, 1.165) is 31.0 Å². The van der Waals surface area contributed by atoms with E-state index in [-0.39, 0.29) is 23.2 Å². The van der Waals surface area contributed by atoms with Crippen LogP contribution in [0.1, 0.15) is 29.6 Å². The van der Waals surface area contributed by atoms with Crippen molar-refractivity contribution in [2.75, 3.05) is 19.8 Å². The monoisotopic (exact) mass is 372 g/mol. The molecule has 1 aromatic rings. The van der Waals surface area contributed by atoms with Crippen molar-refractivity contribution < 1.29 is 27.1 Å². The Kier molecular flexibility index (Phi) is 5.38. The topological polar surface area (TPSA) is 108 Å². The molecule has 1 aliphatic heterocycles. The zero-order chi connectivity index (χ0) is 18.0. The molecule has 1 heterocycles. The lowest BCUT2D eigenvalue weighted by Gasteiger charge is -2.32. The van der Waals surface area contributed by atoms with Crippen LogP contribution in [0.5, 0.6) is 0 Å². The Labute approximate surface area is 145 Å². The van der Waals surface area contributed by atoms with Gasteiger partial charge < -0.3 is 14.8 Å². The van der Waals surface area contributed by atoms with Gasteiger partial charge in [-0.25, -0.2) is 17.9 Å². The van der Waals surface area contributed by atoms with Crippen LogP contribution in [0.4, 0.5) is 4.39 Å². The van der Waals surface area contributed by atoms with E-state index in [9.17, 15) is 17.6 Å². The molecule has 1 aliphatic carbocycles. The van der Waals surface area contributed by atoms with Crippen molar-refractivity contribution in [1.82, 2.24) is 5.32 Å². The Balaban J connectivity index is 1.71. The number of halogens is 1. The van der Waals surface area contributed by atoms with Gasteiger partial charge in [0.05, 0.1) is 29.2 Å². The van der Waals surface area contributed by atoms with Gasteiger partial charge in [-0.05, 0) is 43.4 Å². The first-order valence-corrected chi connectivity index (χ1v) is 9.72. The quantitative estimate of drug-likeness (QED) is 0.767. The van der Waals surface area contributed by atoms with Crippen LogP contribution in [-0.2, 0) is 19.5 Å². The van der Waals surface area contributed by atoms with Crippen LogP contribution in [0.2, 0.25) is 0 Å². The SMILES string of the molecule is NS(=O)(=O)c1ccc(F)c(C(=O)N[C@@H]2COCC[C@@H]2OCC2CC2)c1. The van der Waals surface area contributed by atoms with Crippen molar-refractivity contribution in [3.63, 3.8) is 0 Å². The van der Waals surface area contributed by atoms with Gasteiger partial charge >= 0.3 is 0 Å². The van der Waals surface area contributed by atoms with E-state index in [1.54, 1.807) is 0 Å². The minimum absolute atomic E-state index is 0.206. The van der Waals surface area contributed by atoms with Crippen molar-refractivity contribution in [2.24, 2.45) is 11.1 Å². The van der Waals surface area contributed by atoms with Crippen LogP contribution < -0.4 is 10.5 Å². The standard InChI is InChI=1S/C16H21FN2O5S/c17-13-4-3-11(25(18,21)22)7-12(13)16(20)19-14-9-23-6-5-15(14)24-8-10-1-2-10/h3-4,7,10,14-15H,1-2,5-6,8-9H2,(H,19,20)(H2,18,21,22)/t14-,15+/m1/s1. The summed E-state index contributed by atoms with van der Waals surface area (Å²) in [4.78, 5) is 12.1. The third-order valence-electron chi connectivity index (χ3n) is 4.36. The van der Waals surface area contributed by atoms with Gasteiger partial charge in [0.25, 0.3) is 5.91 Å². The van der Waals surface area contributed by atoms with Crippen molar-refractivity contribution in [2.45, 2.75) is 36.3 Å². The summed E-state index contributed by atoms with van der Waals surface area (Å²) in [7, 11) is -4.03. The normalized spacial score (nSPS) is 24.1. The summed E-state index contributed by atoms with van der Waals surface area (Å²) in [5, 5.41) is 7.72. The number of rotatable bonds is 6. The molecule has 2 aliphatic rings. The highest BCUT2D eigenvalue weighted by Gasteiger charge is 2.31. The van der Waals surface area contributed by atoms with Crippen molar-refractivity contribution in [1.29, 1.82) is 0 Å². The molecule has 3 rings (SSSR count). The van der Waals surface area contributed by atoms with Crippen LogP contribution in [0, 0.1) is 11.7 Å². The molecule has 25 heavy (non-hydrogen) atoms. The number of amides is 1. The molecular formula is C16H21FN2O5S. The van der Waals surface area contributed by atoms with Crippen molar-refractivity contribution >= 4 is 15.9 Å². The largest absolute Gasteiger partial charge is 0.379 e. The number of ether oxygens (including phenoxy) is 2. The second-order valence-corrected chi connectivity index (χ2v) is 8.01. The molecular weight excluding hydrogens is 351 g/mol. The van der Waals surface area contributed by atoms with E-state index in [0.29, 0.717) is 25.6 Å². The zero-order valence-corrected chi connectivity index (χ0v) is 14.4. The average molecular weight is 372 g/mol. The van der Waals surface area contributed by atoms with E-state index < -0.39 is 27.8 Å². The van der Waals surface area contributed by atoms with Gasteiger partial charge in [-0.3, -0.25) is 4.79 Å². The second kappa shape index (κ2) is 7.36. The first-order chi connectivity index (χ1) is 11.8. The lowest BCUT2D eigenvalue weighted by atomic mass is 10.1. The molecule has 0 radical (unpaired) electrons. The molecule has 0 unspecified atom stereocenters. The minimum Gasteiger partial charge on any atom is -0.379 e. The molecule has 3 N–H and O–H groups in total. The fraction of sp³-hybridized carbons (Fsp3) is 0.562. The van der Waals surface area contributed by atoms with Gasteiger partial charge in [0.2, 0.25) is 10.0 Å². The summed E-state index contributed by atoms with van der Waals surface area (Å²) in [5.74, 6) is -0.960. The number of nitrogens with two attached hydrogens (primary N) is 1. The average Bonchev–Trinajstić information content (AvgIpc) is 3.37. The number of hydrogen-bond acceptors (Lipinski definition) is 5. The molecule has 9 heteroatoms. The number of primary sulfonamides is 1. The summed E-state index contributed by atoms with van der Waals surface area (Å²) in [5.41, 5.74) is -0.377. The number of carbonyl (C=O) groups is 1. The molecule has 1 saturated heterocycles. The fourth-order valence-corrected chi connectivity index (χ4v) is 3.24. The Morgan fingerprint density at radius 2 is 2.12 bits per heavy atom. The molecule has 1 aromatic carbocycles. The highest BCUT2D eigenvalue weighted by Crippen LogP contribution is 2.30. The van der Waals surface area contributed by atoms with Gasteiger partial charge in [0, 0.05) is 13.2 Å². The Morgan fingerprint density at radius 3 is 2.80 bits per heavy atom. The number of sulfonamides is 1. The number of benzene rings is 1. The molecule has 1 saturated carbocycles. The van der Waals surface area contributed by atoms with Gasteiger partial charge in [-0.15, -0.1) is 0 Å². The van der Waals surface area contributed by atoms with E-state index in [2.05, 4.69) is 5.32 Å². The summed E-state index contributed by atoms with van der Waals surface area (Å²) in [6.45, 7) is 1.45. The predicted octanol–water partition coefficient (Wildman–Crippen LogP) is 0.787. The third-order valence-corrected chi connectivity index (χ3v) is 5.27. The van der Waals surface area contributed by atoms with Gasteiger partial charge in [0.1, 0.15) is 5.82 Å². The summed E-state index contributed by atoms with van der Waals surface area (Å²) < 4.78 is 48.0. The third kappa shape index (κ3) is 4.75. The number of nitrogens with one attached hydrogen (secondary N) is 1. The highest BCUT2D eigenvalue weighted by molar-refractivity contribution is 7.89. The minimum atomic E-state index is -4.03. The smallest absolute Gasteiger partial charge is 0.254 e. The lowest BCUT2D eigenvalue weighted by molar-refractivity contribution is -0.0567.